The smallest absolute Gasteiger partial charge is 0.373 e. The van der Waals surface area contributed by atoms with E-state index in [0.717, 1.165) is 5.56 Å². The average Bonchev–Trinajstić information content (AvgIpc) is 2.26. The highest BCUT2D eigenvalue weighted by molar-refractivity contribution is 6.30. The van der Waals surface area contributed by atoms with Crippen molar-refractivity contribution < 1.29 is 17.9 Å². The van der Waals surface area contributed by atoms with Crippen molar-refractivity contribution in [1.82, 2.24) is 5.32 Å². The van der Waals surface area contributed by atoms with Gasteiger partial charge in [-0.2, -0.15) is 13.2 Å². The van der Waals surface area contributed by atoms with Crippen LogP contribution in [0.3, 0.4) is 0 Å². The van der Waals surface area contributed by atoms with Crippen LogP contribution in [-0.2, 0) is 11.3 Å². The van der Waals surface area contributed by atoms with Gasteiger partial charge in [0.25, 0.3) is 0 Å². The Morgan fingerprint density at radius 3 is 2.44 bits per heavy atom. The summed E-state index contributed by atoms with van der Waals surface area (Å²) >= 11 is 5.73. The number of hydrogen-bond donors (Lipinski definition) is 1. The van der Waals surface area contributed by atoms with E-state index >= 15 is 0 Å². The number of ether oxygens (including phenoxy) is 1. The lowest BCUT2D eigenvalue weighted by Crippen LogP contribution is -2.34. The van der Waals surface area contributed by atoms with E-state index in [9.17, 15) is 13.2 Å². The fourth-order valence-corrected chi connectivity index (χ4v) is 1.42. The van der Waals surface area contributed by atoms with Crippen LogP contribution in [0.5, 0.6) is 0 Å². The second kappa shape index (κ2) is 6.97. The first-order valence-corrected chi connectivity index (χ1v) is 5.88. The number of benzene rings is 1. The zero-order valence-electron chi connectivity index (χ0n) is 9.93. The standard InChI is InChI=1S/C12H15ClF3NO/c1-9(6-17-8-12(14,15)16)18-7-10-2-4-11(13)5-3-10/h2-5,9,17H,6-8H2,1H3. The Kier molecular flexibility index (Phi) is 5.91. The highest BCUT2D eigenvalue weighted by Gasteiger charge is 2.26. The minimum absolute atomic E-state index is 0.160. The molecule has 0 spiro atoms. The molecule has 0 aromatic heterocycles. The van der Waals surface area contributed by atoms with Crippen LogP contribution in [0.25, 0.3) is 0 Å². The zero-order chi connectivity index (χ0) is 13.6. The Hall–Kier alpha value is -0.780. The van der Waals surface area contributed by atoms with Gasteiger partial charge in [-0.05, 0) is 24.6 Å². The van der Waals surface area contributed by atoms with Gasteiger partial charge in [0, 0.05) is 11.6 Å². The van der Waals surface area contributed by atoms with E-state index in [1.807, 2.05) is 12.1 Å². The molecule has 0 fully saturated rings. The van der Waals surface area contributed by atoms with Gasteiger partial charge in [-0.1, -0.05) is 23.7 Å². The first-order chi connectivity index (χ1) is 8.37. The Balaban J connectivity index is 2.21. The summed E-state index contributed by atoms with van der Waals surface area (Å²) < 4.78 is 41.0. The van der Waals surface area contributed by atoms with Crippen molar-refractivity contribution in [3.8, 4) is 0 Å². The minimum Gasteiger partial charge on any atom is -0.373 e. The maximum atomic E-state index is 11.9. The first kappa shape index (κ1) is 15.3. The van der Waals surface area contributed by atoms with Gasteiger partial charge in [0.1, 0.15) is 0 Å². The van der Waals surface area contributed by atoms with E-state index in [1.165, 1.54) is 0 Å². The summed E-state index contributed by atoms with van der Waals surface area (Å²) in [5.74, 6) is 0. The van der Waals surface area contributed by atoms with Crippen LogP contribution < -0.4 is 5.32 Å². The largest absolute Gasteiger partial charge is 0.401 e. The van der Waals surface area contributed by atoms with E-state index < -0.39 is 12.7 Å². The van der Waals surface area contributed by atoms with Gasteiger partial charge in [-0.15, -0.1) is 0 Å². The third kappa shape index (κ3) is 6.83. The van der Waals surface area contributed by atoms with Crippen molar-refractivity contribution in [3.05, 3.63) is 34.9 Å². The average molecular weight is 282 g/mol. The van der Waals surface area contributed by atoms with Crippen LogP contribution in [0, 0.1) is 0 Å². The lowest BCUT2D eigenvalue weighted by Gasteiger charge is -2.15. The summed E-state index contributed by atoms with van der Waals surface area (Å²) in [6.45, 7) is 1.24. The van der Waals surface area contributed by atoms with Crippen molar-refractivity contribution in [3.63, 3.8) is 0 Å². The molecule has 0 aliphatic carbocycles. The second-order valence-corrected chi connectivity index (χ2v) is 4.43. The van der Waals surface area contributed by atoms with Crippen LogP contribution in [0.15, 0.2) is 24.3 Å². The molecule has 2 nitrogen and oxygen atoms in total. The summed E-state index contributed by atoms with van der Waals surface area (Å²) in [5, 5.41) is 2.94. The molecule has 0 heterocycles. The normalized spacial score (nSPS) is 13.6. The number of halogens is 4. The van der Waals surface area contributed by atoms with E-state index in [4.69, 9.17) is 16.3 Å². The second-order valence-electron chi connectivity index (χ2n) is 3.99. The maximum Gasteiger partial charge on any atom is 0.401 e. The van der Waals surface area contributed by atoms with Gasteiger partial charge >= 0.3 is 6.18 Å². The Morgan fingerprint density at radius 2 is 1.89 bits per heavy atom. The van der Waals surface area contributed by atoms with Gasteiger partial charge in [-0.25, -0.2) is 0 Å². The van der Waals surface area contributed by atoms with Crippen LogP contribution >= 0.6 is 11.6 Å². The minimum atomic E-state index is -4.18. The summed E-state index contributed by atoms with van der Waals surface area (Å²) in [6, 6.07) is 7.12. The van der Waals surface area contributed by atoms with Gasteiger partial charge in [0.15, 0.2) is 0 Å². The third-order valence-electron chi connectivity index (χ3n) is 2.21. The molecule has 6 heteroatoms. The Bertz CT molecular complexity index is 353. The van der Waals surface area contributed by atoms with Crippen molar-refractivity contribution in [1.29, 1.82) is 0 Å². The van der Waals surface area contributed by atoms with E-state index in [-0.39, 0.29) is 12.6 Å². The van der Waals surface area contributed by atoms with Crippen LogP contribution in [-0.4, -0.2) is 25.4 Å². The van der Waals surface area contributed by atoms with Crippen LogP contribution in [0.2, 0.25) is 5.02 Å². The van der Waals surface area contributed by atoms with Crippen molar-refractivity contribution in [2.24, 2.45) is 0 Å². The molecule has 1 N–H and O–H groups in total. The molecule has 1 atom stereocenters. The van der Waals surface area contributed by atoms with Gasteiger partial charge < -0.3 is 10.1 Å². The molecule has 0 bridgehead atoms. The predicted molar refractivity (Wildman–Crippen MR) is 64.6 cm³/mol. The Labute approximate surface area is 109 Å². The van der Waals surface area contributed by atoms with E-state index in [2.05, 4.69) is 5.32 Å². The molecule has 1 unspecified atom stereocenters. The summed E-state index contributed by atoms with van der Waals surface area (Å²) in [4.78, 5) is 0. The summed E-state index contributed by atoms with van der Waals surface area (Å²) in [6.07, 6.45) is -4.47. The van der Waals surface area contributed by atoms with E-state index in [1.54, 1.807) is 19.1 Å². The number of hydrogen-bond acceptors (Lipinski definition) is 2. The summed E-state index contributed by atoms with van der Waals surface area (Å²) in [5.41, 5.74) is 0.932. The number of rotatable bonds is 6. The molecular weight excluding hydrogens is 267 g/mol. The molecule has 18 heavy (non-hydrogen) atoms. The monoisotopic (exact) mass is 281 g/mol. The molecule has 0 aliphatic heterocycles. The first-order valence-electron chi connectivity index (χ1n) is 5.50. The quantitative estimate of drug-likeness (QED) is 0.863. The zero-order valence-corrected chi connectivity index (χ0v) is 10.7. The molecule has 1 aromatic rings. The molecule has 0 saturated carbocycles. The molecule has 0 radical (unpaired) electrons. The molecule has 102 valence electrons. The highest BCUT2D eigenvalue weighted by atomic mass is 35.5. The number of alkyl halides is 3. The van der Waals surface area contributed by atoms with Gasteiger partial charge in [0.05, 0.1) is 19.3 Å². The van der Waals surface area contributed by atoms with Crippen LogP contribution in [0.1, 0.15) is 12.5 Å². The van der Waals surface area contributed by atoms with E-state index in [0.29, 0.717) is 11.6 Å². The van der Waals surface area contributed by atoms with Crippen molar-refractivity contribution in [2.45, 2.75) is 25.8 Å². The van der Waals surface area contributed by atoms with Crippen LogP contribution in [0.4, 0.5) is 13.2 Å². The molecule has 1 aromatic carbocycles. The highest BCUT2D eigenvalue weighted by Crippen LogP contribution is 2.13. The topological polar surface area (TPSA) is 21.3 Å². The molecular formula is C12H15ClF3NO. The van der Waals surface area contributed by atoms with Gasteiger partial charge in [0.2, 0.25) is 0 Å². The lowest BCUT2D eigenvalue weighted by atomic mass is 10.2. The number of nitrogens with one attached hydrogen (secondary N) is 1. The molecule has 0 aliphatic rings. The van der Waals surface area contributed by atoms with Gasteiger partial charge in [-0.3, -0.25) is 0 Å². The fraction of sp³-hybridized carbons (Fsp3) is 0.500. The molecule has 0 amide bonds. The summed E-state index contributed by atoms with van der Waals surface area (Å²) in [7, 11) is 0. The molecule has 1 rings (SSSR count). The van der Waals surface area contributed by atoms with Crippen molar-refractivity contribution >= 4 is 11.6 Å². The lowest BCUT2D eigenvalue weighted by molar-refractivity contribution is -0.125. The van der Waals surface area contributed by atoms with Crippen molar-refractivity contribution in [2.75, 3.05) is 13.1 Å². The fourth-order valence-electron chi connectivity index (χ4n) is 1.30. The third-order valence-corrected chi connectivity index (χ3v) is 2.46. The Morgan fingerprint density at radius 1 is 1.28 bits per heavy atom. The molecule has 0 saturated heterocycles. The SMILES string of the molecule is CC(CNCC(F)(F)F)OCc1ccc(Cl)cc1. The maximum absolute atomic E-state index is 11.9. The predicted octanol–water partition coefficient (Wildman–Crippen LogP) is 3.40.